The van der Waals surface area contributed by atoms with Gasteiger partial charge in [0.2, 0.25) is 0 Å². The minimum Gasteiger partial charge on any atom is -0.310 e. The van der Waals surface area contributed by atoms with Crippen LogP contribution in [0.1, 0.15) is 52.9 Å². The van der Waals surface area contributed by atoms with Gasteiger partial charge in [0.25, 0.3) is 0 Å². The van der Waals surface area contributed by atoms with Gasteiger partial charge in [0.1, 0.15) is 0 Å². The molecule has 3 heteroatoms. The van der Waals surface area contributed by atoms with Crippen molar-refractivity contribution in [2.75, 3.05) is 32.7 Å². The largest absolute Gasteiger partial charge is 0.310 e. The number of hydrogen-bond donors (Lipinski definition) is 1. The molecule has 0 amide bonds. The number of nitrogens with one attached hydrogen (secondary N) is 1. The summed E-state index contributed by atoms with van der Waals surface area (Å²) in [4.78, 5) is 5.32. The molecular formula is C17H33N3. The summed E-state index contributed by atoms with van der Waals surface area (Å²) in [5, 5.41) is 3.93. The molecule has 0 aromatic heterocycles. The summed E-state index contributed by atoms with van der Waals surface area (Å²) in [6.45, 7) is 13.3. The van der Waals surface area contributed by atoms with E-state index < -0.39 is 0 Å². The van der Waals surface area contributed by atoms with Crippen LogP contribution in [0, 0.1) is 5.92 Å². The number of nitrogens with zero attached hydrogens (tertiary/aromatic N) is 2. The van der Waals surface area contributed by atoms with Crippen molar-refractivity contribution in [1.82, 2.24) is 15.1 Å². The standard InChI is InChI=1S/C17H33N3/c1-17(2,3)20-10-8-19(9-11-20)13-15-12-14-6-4-5-7-16(14)18-15/h14-16,18H,4-13H2,1-3H3. The van der Waals surface area contributed by atoms with Gasteiger partial charge >= 0.3 is 0 Å². The van der Waals surface area contributed by atoms with Crippen LogP contribution in [0.3, 0.4) is 0 Å². The average Bonchev–Trinajstić information content (AvgIpc) is 2.80. The van der Waals surface area contributed by atoms with Gasteiger partial charge in [-0.05, 0) is 46.0 Å². The Balaban J connectivity index is 1.44. The van der Waals surface area contributed by atoms with Crippen molar-refractivity contribution in [2.24, 2.45) is 5.92 Å². The van der Waals surface area contributed by atoms with Crippen LogP contribution in [-0.4, -0.2) is 60.1 Å². The molecule has 3 aliphatic rings. The smallest absolute Gasteiger partial charge is 0.0200 e. The average molecular weight is 279 g/mol. The van der Waals surface area contributed by atoms with Crippen molar-refractivity contribution in [3.05, 3.63) is 0 Å². The van der Waals surface area contributed by atoms with E-state index in [2.05, 4.69) is 35.9 Å². The Morgan fingerprint density at radius 3 is 2.35 bits per heavy atom. The van der Waals surface area contributed by atoms with E-state index in [1.165, 1.54) is 64.8 Å². The molecule has 0 aromatic carbocycles. The van der Waals surface area contributed by atoms with Gasteiger partial charge in [0.05, 0.1) is 0 Å². The first-order valence-electron chi connectivity index (χ1n) is 8.76. The molecule has 0 bridgehead atoms. The number of fused-ring (bicyclic) bond motifs is 1. The predicted octanol–water partition coefficient (Wildman–Crippen LogP) is 2.32. The van der Waals surface area contributed by atoms with E-state index in [0.29, 0.717) is 5.54 Å². The minimum atomic E-state index is 0.340. The van der Waals surface area contributed by atoms with Gasteiger partial charge in [-0.2, -0.15) is 0 Å². The third-order valence-corrected chi connectivity index (χ3v) is 5.75. The molecule has 3 fully saturated rings. The topological polar surface area (TPSA) is 18.5 Å². The summed E-state index contributed by atoms with van der Waals surface area (Å²) in [5.41, 5.74) is 0.340. The van der Waals surface area contributed by atoms with Crippen LogP contribution in [0.25, 0.3) is 0 Å². The van der Waals surface area contributed by atoms with Gasteiger partial charge in [-0.15, -0.1) is 0 Å². The summed E-state index contributed by atoms with van der Waals surface area (Å²) in [6, 6.07) is 1.62. The normalized spacial score (nSPS) is 37.0. The molecule has 2 heterocycles. The van der Waals surface area contributed by atoms with Crippen molar-refractivity contribution in [3.63, 3.8) is 0 Å². The Morgan fingerprint density at radius 1 is 1.00 bits per heavy atom. The summed E-state index contributed by atoms with van der Waals surface area (Å²) in [6.07, 6.45) is 7.26. The second-order valence-electron chi connectivity index (χ2n) is 8.21. The van der Waals surface area contributed by atoms with Gasteiger partial charge in [-0.3, -0.25) is 9.80 Å². The molecule has 1 aliphatic carbocycles. The maximum Gasteiger partial charge on any atom is 0.0200 e. The van der Waals surface area contributed by atoms with Crippen molar-refractivity contribution in [3.8, 4) is 0 Å². The van der Waals surface area contributed by atoms with E-state index >= 15 is 0 Å². The highest BCUT2D eigenvalue weighted by molar-refractivity contribution is 4.94. The summed E-state index contributed by atoms with van der Waals surface area (Å²) < 4.78 is 0. The Bertz CT molecular complexity index is 301. The molecule has 3 unspecified atom stereocenters. The number of rotatable bonds is 2. The lowest BCUT2D eigenvalue weighted by Gasteiger charge is -2.42. The van der Waals surface area contributed by atoms with Gasteiger partial charge in [0.15, 0.2) is 0 Å². The van der Waals surface area contributed by atoms with Crippen LogP contribution in [0.4, 0.5) is 0 Å². The maximum atomic E-state index is 3.93. The number of hydrogen-bond acceptors (Lipinski definition) is 3. The lowest BCUT2D eigenvalue weighted by molar-refractivity contribution is 0.0587. The molecule has 0 aromatic rings. The third kappa shape index (κ3) is 3.37. The SMILES string of the molecule is CC(C)(C)N1CCN(CC2CC3CCCCC3N2)CC1. The Labute approximate surface area is 125 Å². The van der Waals surface area contributed by atoms with E-state index in [1.54, 1.807) is 0 Å². The molecule has 0 spiro atoms. The van der Waals surface area contributed by atoms with Crippen LogP contribution in [0.15, 0.2) is 0 Å². The highest BCUT2D eigenvalue weighted by Gasteiger charge is 2.36. The third-order valence-electron chi connectivity index (χ3n) is 5.75. The Hall–Kier alpha value is -0.120. The highest BCUT2D eigenvalue weighted by atomic mass is 15.3. The second kappa shape index (κ2) is 5.94. The Kier molecular flexibility index (Phi) is 4.40. The van der Waals surface area contributed by atoms with Crippen LogP contribution in [0.2, 0.25) is 0 Å². The zero-order chi connectivity index (χ0) is 14.2. The molecule has 0 radical (unpaired) electrons. The fourth-order valence-electron chi connectivity index (χ4n) is 4.49. The zero-order valence-corrected chi connectivity index (χ0v) is 13.7. The molecule has 3 nitrogen and oxygen atoms in total. The maximum absolute atomic E-state index is 3.93. The lowest BCUT2D eigenvalue weighted by Crippen LogP contribution is -2.55. The van der Waals surface area contributed by atoms with Gasteiger partial charge in [-0.25, -0.2) is 0 Å². The van der Waals surface area contributed by atoms with Crippen molar-refractivity contribution in [2.45, 2.75) is 70.5 Å². The fourth-order valence-corrected chi connectivity index (χ4v) is 4.49. The highest BCUT2D eigenvalue weighted by Crippen LogP contribution is 2.33. The second-order valence-corrected chi connectivity index (χ2v) is 8.21. The first-order chi connectivity index (χ1) is 9.52. The summed E-state index contributed by atoms with van der Waals surface area (Å²) in [5.74, 6) is 0.990. The first kappa shape index (κ1) is 14.8. The van der Waals surface area contributed by atoms with Crippen LogP contribution in [-0.2, 0) is 0 Å². The predicted molar refractivity (Wildman–Crippen MR) is 85.1 cm³/mol. The monoisotopic (exact) mass is 279 g/mol. The van der Waals surface area contributed by atoms with Gasteiger partial charge in [0, 0.05) is 50.3 Å². The van der Waals surface area contributed by atoms with E-state index in [-0.39, 0.29) is 0 Å². The number of piperazine rings is 1. The van der Waals surface area contributed by atoms with E-state index in [9.17, 15) is 0 Å². The Morgan fingerprint density at radius 2 is 1.70 bits per heavy atom. The van der Waals surface area contributed by atoms with E-state index in [1.807, 2.05) is 0 Å². The first-order valence-corrected chi connectivity index (χ1v) is 8.76. The molecular weight excluding hydrogens is 246 g/mol. The van der Waals surface area contributed by atoms with Crippen LogP contribution < -0.4 is 5.32 Å². The molecule has 2 saturated heterocycles. The fraction of sp³-hybridized carbons (Fsp3) is 1.00. The molecule has 20 heavy (non-hydrogen) atoms. The van der Waals surface area contributed by atoms with Gasteiger partial charge in [-0.1, -0.05) is 12.8 Å². The molecule has 2 aliphatic heterocycles. The van der Waals surface area contributed by atoms with E-state index in [4.69, 9.17) is 0 Å². The quantitative estimate of drug-likeness (QED) is 0.837. The molecule has 3 rings (SSSR count). The van der Waals surface area contributed by atoms with Gasteiger partial charge < -0.3 is 5.32 Å². The zero-order valence-electron chi connectivity index (χ0n) is 13.7. The van der Waals surface area contributed by atoms with E-state index in [0.717, 1.165) is 18.0 Å². The summed E-state index contributed by atoms with van der Waals surface area (Å²) in [7, 11) is 0. The van der Waals surface area contributed by atoms with Crippen molar-refractivity contribution in [1.29, 1.82) is 0 Å². The molecule has 1 saturated carbocycles. The molecule has 1 N–H and O–H groups in total. The summed E-state index contributed by atoms with van der Waals surface area (Å²) >= 11 is 0. The van der Waals surface area contributed by atoms with Crippen molar-refractivity contribution >= 4 is 0 Å². The minimum absolute atomic E-state index is 0.340. The molecule has 116 valence electrons. The molecule has 3 atom stereocenters. The lowest BCUT2D eigenvalue weighted by atomic mass is 9.85. The van der Waals surface area contributed by atoms with Crippen LogP contribution >= 0.6 is 0 Å². The van der Waals surface area contributed by atoms with Crippen LogP contribution in [0.5, 0.6) is 0 Å². The van der Waals surface area contributed by atoms with Crippen molar-refractivity contribution < 1.29 is 0 Å².